The topological polar surface area (TPSA) is 4.93 Å². The van der Waals surface area contributed by atoms with E-state index in [1.54, 1.807) is 11.1 Å². The summed E-state index contributed by atoms with van der Waals surface area (Å²) in [7, 11) is 0. The van der Waals surface area contributed by atoms with Crippen LogP contribution in [0.4, 0.5) is 0 Å². The maximum Gasteiger partial charge on any atom is 0.0518 e. The van der Waals surface area contributed by atoms with Gasteiger partial charge in [0.2, 0.25) is 0 Å². The predicted octanol–water partition coefficient (Wildman–Crippen LogP) is 4.66. The third-order valence-electron chi connectivity index (χ3n) is 4.36. The van der Waals surface area contributed by atoms with Crippen LogP contribution in [0.25, 0.3) is 10.9 Å². The maximum atomic E-state index is 2.49. The van der Waals surface area contributed by atoms with Crippen LogP contribution in [-0.2, 0) is 19.4 Å². The molecule has 1 nitrogen and oxygen atoms in total. The minimum absolute atomic E-state index is 0.614. The smallest absolute Gasteiger partial charge is 0.0518 e. The molecule has 0 spiro atoms. The Morgan fingerprint density at radius 1 is 1.28 bits per heavy atom. The number of aromatic nitrogens is 1. The molecule has 1 aliphatic rings. The SMILES string of the molecule is CCc1cc(C(C)C)c2ccn3c2c1CCCC3. The van der Waals surface area contributed by atoms with Crippen LogP contribution in [0.15, 0.2) is 18.3 Å². The molecule has 0 amide bonds. The fourth-order valence-electron chi connectivity index (χ4n) is 3.39. The number of hydrogen-bond donors (Lipinski definition) is 0. The van der Waals surface area contributed by atoms with E-state index < -0.39 is 0 Å². The van der Waals surface area contributed by atoms with Crippen molar-refractivity contribution in [1.82, 2.24) is 4.57 Å². The summed E-state index contributed by atoms with van der Waals surface area (Å²) in [5, 5.41) is 1.50. The van der Waals surface area contributed by atoms with Crippen molar-refractivity contribution in [3.63, 3.8) is 0 Å². The van der Waals surface area contributed by atoms with Gasteiger partial charge in [-0.25, -0.2) is 0 Å². The van der Waals surface area contributed by atoms with Gasteiger partial charge in [0.05, 0.1) is 5.52 Å². The Labute approximate surface area is 110 Å². The minimum atomic E-state index is 0.614. The molecule has 1 heteroatoms. The van der Waals surface area contributed by atoms with Crippen LogP contribution in [-0.4, -0.2) is 4.57 Å². The van der Waals surface area contributed by atoms with Crippen LogP contribution in [0.1, 0.15) is 56.2 Å². The van der Waals surface area contributed by atoms with Crippen molar-refractivity contribution in [3.8, 4) is 0 Å². The fourth-order valence-corrected chi connectivity index (χ4v) is 3.39. The minimum Gasteiger partial charge on any atom is -0.347 e. The van der Waals surface area contributed by atoms with Gasteiger partial charge >= 0.3 is 0 Å². The van der Waals surface area contributed by atoms with E-state index >= 15 is 0 Å². The molecule has 0 N–H and O–H groups in total. The van der Waals surface area contributed by atoms with E-state index in [9.17, 15) is 0 Å². The lowest BCUT2D eigenvalue weighted by Gasteiger charge is -2.16. The molecule has 0 atom stereocenters. The van der Waals surface area contributed by atoms with Gasteiger partial charge in [0.15, 0.2) is 0 Å². The van der Waals surface area contributed by atoms with Crippen molar-refractivity contribution in [1.29, 1.82) is 0 Å². The summed E-state index contributed by atoms with van der Waals surface area (Å²) < 4.78 is 2.49. The lowest BCUT2D eigenvalue weighted by Crippen LogP contribution is -2.00. The molecule has 2 aromatic rings. The summed E-state index contributed by atoms with van der Waals surface area (Å²) >= 11 is 0. The van der Waals surface area contributed by atoms with Gasteiger partial charge in [-0.05, 0) is 54.4 Å². The first-order valence-electron chi connectivity index (χ1n) is 7.35. The van der Waals surface area contributed by atoms with Crippen molar-refractivity contribution in [3.05, 3.63) is 35.0 Å². The zero-order chi connectivity index (χ0) is 12.7. The quantitative estimate of drug-likeness (QED) is 0.720. The van der Waals surface area contributed by atoms with E-state index in [1.165, 1.54) is 42.3 Å². The monoisotopic (exact) mass is 241 g/mol. The molecule has 18 heavy (non-hydrogen) atoms. The van der Waals surface area contributed by atoms with Gasteiger partial charge in [-0.3, -0.25) is 0 Å². The van der Waals surface area contributed by atoms with Gasteiger partial charge in [-0.15, -0.1) is 0 Å². The second kappa shape index (κ2) is 4.46. The molecule has 0 fully saturated rings. The summed E-state index contributed by atoms with van der Waals surface area (Å²) in [5.74, 6) is 0.614. The van der Waals surface area contributed by atoms with Gasteiger partial charge in [0.25, 0.3) is 0 Å². The highest BCUT2D eigenvalue weighted by molar-refractivity contribution is 5.88. The van der Waals surface area contributed by atoms with Crippen LogP contribution in [0.3, 0.4) is 0 Å². The highest BCUT2D eigenvalue weighted by Gasteiger charge is 2.18. The van der Waals surface area contributed by atoms with Crippen LogP contribution >= 0.6 is 0 Å². The van der Waals surface area contributed by atoms with Gasteiger partial charge in [0, 0.05) is 18.1 Å². The standard InChI is InChI=1S/C17H23N/c1-4-13-11-16(12(2)3)15-8-10-18-9-6-5-7-14(13)17(15)18/h8,10-12H,4-7,9H2,1-3H3. The maximum absolute atomic E-state index is 2.49. The summed E-state index contributed by atoms with van der Waals surface area (Å²) in [5.41, 5.74) is 6.27. The first-order valence-corrected chi connectivity index (χ1v) is 7.35. The highest BCUT2D eigenvalue weighted by atomic mass is 15.0. The number of rotatable bonds is 2. The summed E-state index contributed by atoms with van der Waals surface area (Å²) in [6, 6.07) is 4.80. The Bertz CT molecular complexity index is 575. The van der Waals surface area contributed by atoms with Crippen molar-refractivity contribution < 1.29 is 0 Å². The predicted molar refractivity (Wildman–Crippen MR) is 78.3 cm³/mol. The first kappa shape index (κ1) is 11.8. The lowest BCUT2D eigenvalue weighted by molar-refractivity contribution is 0.644. The summed E-state index contributed by atoms with van der Waals surface area (Å²) in [6.07, 6.45) is 7.38. The molecule has 0 saturated carbocycles. The van der Waals surface area contributed by atoms with Gasteiger partial charge in [-0.2, -0.15) is 0 Å². The molecule has 0 saturated heterocycles. The average Bonchev–Trinajstić information content (AvgIpc) is 2.65. The molecule has 0 unspecified atom stereocenters. The Kier molecular flexibility index (Phi) is 2.93. The first-order chi connectivity index (χ1) is 8.72. The van der Waals surface area contributed by atoms with Gasteiger partial charge < -0.3 is 4.57 Å². The number of benzene rings is 1. The van der Waals surface area contributed by atoms with Crippen LogP contribution in [0.2, 0.25) is 0 Å². The largest absolute Gasteiger partial charge is 0.347 e. The normalized spacial score (nSPS) is 15.3. The molecule has 1 aromatic heterocycles. The summed E-state index contributed by atoms with van der Waals surface area (Å²) in [4.78, 5) is 0. The lowest BCUT2D eigenvalue weighted by atomic mass is 9.90. The van der Waals surface area contributed by atoms with Crippen LogP contribution in [0, 0.1) is 0 Å². The summed E-state index contributed by atoms with van der Waals surface area (Å²) in [6.45, 7) is 8.11. The highest BCUT2D eigenvalue weighted by Crippen LogP contribution is 2.34. The van der Waals surface area contributed by atoms with E-state index in [2.05, 4.69) is 43.7 Å². The number of aryl methyl sites for hydroxylation is 3. The molecular formula is C17H23N. The zero-order valence-electron chi connectivity index (χ0n) is 11.8. The average molecular weight is 241 g/mol. The third kappa shape index (κ3) is 1.68. The van der Waals surface area contributed by atoms with Crippen molar-refractivity contribution in [2.75, 3.05) is 0 Å². The van der Waals surface area contributed by atoms with Crippen molar-refractivity contribution in [2.24, 2.45) is 0 Å². The van der Waals surface area contributed by atoms with Gasteiger partial charge in [-0.1, -0.05) is 26.8 Å². The number of hydrogen-bond acceptors (Lipinski definition) is 0. The van der Waals surface area contributed by atoms with Crippen LogP contribution < -0.4 is 0 Å². The van der Waals surface area contributed by atoms with E-state index in [4.69, 9.17) is 0 Å². The van der Waals surface area contributed by atoms with Crippen molar-refractivity contribution >= 4 is 10.9 Å². The molecular weight excluding hydrogens is 218 g/mol. The molecule has 0 aliphatic carbocycles. The van der Waals surface area contributed by atoms with Crippen molar-refractivity contribution in [2.45, 2.75) is 58.9 Å². The second-order valence-corrected chi connectivity index (χ2v) is 5.84. The molecule has 0 radical (unpaired) electrons. The van der Waals surface area contributed by atoms with Gasteiger partial charge in [0.1, 0.15) is 0 Å². The molecule has 0 bridgehead atoms. The Hall–Kier alpha value is -1.24. The van der Waals surface area contributed by atoms with E-state index in [-0.39, 0.29) is 0 Å². The van der Waals surface area contributed by atoms with E-state index in [0.717, 1.165) is 6.42 Å². The fraction of sp³-hybridized carbons (Fsp3) is 0.529. The van der Waals surface area contributed by atoms with Crippen LogP contribution in [0.5, 0.6) is 0 Å². The third-order valence-corrected chi connectivity index (χ3v) is 4.36. The Morgan fingerprint density at radius 2 is 2.11 bits per heavy atom. The van der Waals surface area contributed by atoms with E-state index in [1.807, 2.05) is 0 Å². The molecule has 1 aromatic carbocycles. The molecule has 1 aliphatic heterocycles. The Balaban J connectivity index is 2.37. The molecule has 2 heterocycles. The number of nitrogens with zero attached hydrogens (tertiary/aromatic N) is 1. The second-order valence-electron chi connectivity index (χ2n) is 5.84. The molecule has 3 rings (SSSR count). The van der Waals surface area contributed by atoms with E-state index in [0.29, 0.717) is 5.92 Å². The Morgan fingerprint density at radius 3 is 2.83 bits per heavy atom. The molecule has 96 valence electrons. The zero-order valence-corrected chi connectivity index (χ0v) is 11.8.